The van der Waals surface area contributed by atoms with E-state index in [-0.39, 0.29) is 10.8 Å². The molecule has 1 rings (SSSR count). The van der Waals surface area contributed by atoms with Crippen LogP contribution in [0.2, 0.25) is 0 Å². The lowest BCUT2D eigenvalue weighted by Gasteiger charge is -2.16. The number of hydrogen-bond donors (Lipinski definition) is 2. The predicted molar refractivity (Wildman–Crippen MR) is 78.9 cm³/mol. The Bertz CT molecular complexity index is 594. The smallest absolute Gasteiger partial charge is 0.251 e. The highest BCUT2D eigenvalue weighted by molar-refractivity contribution is 7.89. The first-order valence-corrected chi connectivity index (χ1v) is 8.08. The number of rotatable bonds is 5. The van der Waals surface area contributed by atoms with Gasteiger partial charge in [-0.3, -0.25) is 4.79 Å². The van der Waals surface area contributed by atoms with Crippen LogP contribution in [0, 0.1) is 18.8 Å². The maximum Gasteiger partial charge on any atom is 0.251 e. The van der Waals surface area contributed by atoms with Crippen molar-refractivity contribution in [1.29, 1.82) is 0 Å². The quantitative estimate of drug-likeness (QED) is 0.866. The number of nitrogens with one attached hydrogen (secondary N) is 1. The van der Waals surface area contributed by atoms with Gasteiger partial charge in [0.05, 0.1) is 4.90 Å². The molecule has 0 aromatic heterocycles. The molecule has 6 heteroatoms. The van der Waals surface area contributed by atoms with Gasteiger partial charge < -0.3 is 5.32 Å². The molecule has 1 aromatic rings. The van der Waals surface area contributed by atoms with Crippen molar-refractivity contribution >= 4 is 15.9 Å². The topological polar surface area (TPSA) is 89.3 Å². The van der Waals surface area contributed by atoms with E-state index in [9.17, 15) is 13.2 Å². The lowest BCUT2D eigenvalue weighted by Crippen LogP contribution is -2.30. The molecule has 0 aliphatic heterocycles. The first kappa shape index (κ1) is 16.7. The molecular formula is C14H22N2O3S. The summed E-state index contributed by atoms with van der Waals surface area (Å²) >= 11 is 0. The zero-order valence-electron chi connectivity index (χ0n) is 12.3. The standard InChI is InChI=1S/C14H22N2O3S/c1-9(2)11(4)8-16-14(17)12-5-10(3)6-13(7-12)20(15,18)19/h5-7,9,11H,8H2,1-4H3,(H,16,17)(H2,15,18,19). The zero-order chi connectivity index (χ0) is 15.5. The van der Waals surface area contributed by atoms with E-state index in [0.29, 0.717) is 29.5 Å². The van der Waals surface area contributed by atoms with Crippen LogP contribution in [0.5, 0.6) is 0 Å². The molecule has 0 aliphatic rings. The Hall–Kier alpha value is -1.40. The van der Waals surface area contributed by atoms with Crippen LogP contribution < -0.4 is 10.5 Å². The number of hydrogen-bond acceptors (Lipinski definition) is 3. The highest BCUT2D eigenvalue weighted by atomic mass is 32.2. The number of benzene rings is 1. The normalized spacial score (nSPS) is 13.3. The van der Waals surface area contributed by atoms with E-state index in [0.717, 1.165) is 0 Å². The number of primary sulfonamides is 1. The van der Waals surface area contributed by atoms with Gasteiger partial charge >= 0.3 is 0 Å². The van der Waals surface area contributed by atoms with Crippen LogP contribution >= 0.6 is 0 Å². The molecule has 0 heterocycles. The number of sulfonamides is 1. The zero-order valence-corrected chi connectivity index (χ0v) is 13.1. The Labute approximate surface area is 120 Å². The van der Waals surface area contributed by atoms with Crippen LogP contribution in [0.1, 0.15) is 36.7 Å². The molecule has 5 nitrogen and oxygen atoms in total. The van der Waals surface area contributed by atoms with Crippen LogP contribution in [0.3, 0.4) is 0 Å². The summed E-state index contributed by atoms with van der Waals surface area (Å²) in [6.07, 6.45) is 0. The third-order valence-corrected chi connectivity index (χ3v) is 4.26. The minimum absolute atomic E-state index is 0.0421. The second-order valence-electron chi connectivity index (χ2n) is 5.51. The lowest BCUT2D eigenvalue weighted by atomic mass is 9.98. The van der Waals surface area contributed by atoms with Gasteiger partial charge in [-0.1, -0.05) is 20.8 Å². The third kappa shape index (κ3) is 4.61. The third-order valence-electron chi connectivity index (χ3n) is 3.36. The summed E-state index contributed by atoms with van der Waals surface area (Å²) in [6.45, 7) is 8.50. The molecule has 0 aliphatic carbocycles. The average Bonchev–Trinajstić information content (AvgIpc) is 2.33. The summed E-state index contributed by atoms with van der Waals surface area (Å²) in [5, 5.41) is 7.91. The largest absolute Gasteiger partial charge is 0.352 e. The van der Waals surface area contributed by atoms with Crippen molar-refractivity contribution in [2.45, 2.75) is 32.6 Å². The number of carbonyl (C=O) groups excluding carboxylic acids is 1. The number of nitrogens with two attached hydrogens (primary N) is 1. The Morgan fingerprint density at radius 1 is 1.25 bits per heavy atom. The first-order valence-electron chi connectivity index (χ1n) is 6.54. The molecule has 0 saturated heterocycles. The van der Waals surface area contributed by atoms with Gasteiger partial charge in [0.15, 0.2) is 0 Å². The summed E-state index contributed by atoms with van der Waals surface area (Å²) in [6, 6.07) is 4.39. The molecule has 0 radical (unpaired) electrons. The van der Waals surface area contributed by atoms with Crippen molar-refractivity contribution in [3.63, 3.8) is 0 Å². The molecule has 1 unspecified atom stereocenters. The van der Waals surface area contributed by atoms with E-state index in [1.165, 1.54) is 12.1 Å². The second-order valence-corrected chi connectivity index (χ2v) is 7.07. The highest BCUT2D eigenvalue weighted by Gasteiger charge is 2.15. The van der Waals surface area contributed by atoms with Gasteiger partial charge in [-0.2, -0.15) is 0 Å². The fourth-order valence-corrected chi connectivity index (χ4v) is 2.28. The molecule has 3 N–H and O–H groups in total. The van der Waals surface area contributed by atoms with Crippen LogP contribution in [0.25, 0.3) is 0 Å². The minimum atomic E-state index is -3.81. The maximum atomic E-state index is 12.1. The molecule has 0 saturated carbocycles. The summed E-state index contributed by atoms with van der Waals surface area (Å²) < 4.78 is 22.7. The van der Waals surface area contributed by atoms with E-state index >= 15 is 0 Å². The monoisotopic (exact) mass is 298 g/mol. The number of carbonyl (C=O) groups is 1. The Kier molecular flexibility index (Phi) is 5.30. The summed E-state index contributed by atoms with van der Waals surface area (Å²) in [5.74, 6) is 0.528. The van der Waals surface area contributed by atoms with Crippen LogP contribution in [-0.4, -0.2) is 20.9 Å². The maximum absolute atomic E-state index is 12.1. The summed E-state index contributed by atoms with van der Waals surface area (Å²) in [5.41, 5.74) is 0.989. The van der Waals surface area contributed by atoms with Gasteiger partial charge in [0.25, 0.3) is 5.91 Å². The summed E-state index contributed by atoms with van der Waals surface area (Å²) in [7, 11) is -3.81. The van der Waals surface area contributed by atoms with E-state index < -0.39 is 10.0 Å². The van der Waals surface area contributed by atoms with E-state index in [2.05, 4.69) is 26.1 Å². The Morgan fingerprint density at radius 3 is 2.35 bits per heavy atom. The summed E-state index contributed by atoms with van der Waals surface area (Å²) in [4.78, 5) is 12.0. The molecular weight excluding hydrogens is 276 g/mol. The van der Waals surface area contributed by atoms with Gasteiger partial charge in [0.1, 0.15) is 0 Å². The van der Waals surface area contributed by atoms with Crippen molar-refractivity contribution in [3.8, 4) is 0 Å². The van der Waals surface area contributed by atoms with Crippen LogP contribution in [0.4, 0.5) is 0 Å². The van der Waals surface area contributed by atoms with Crippen molar-refractivity contribution in [1.82, 2.24) is 5.32 Å². The highest BCUT2D eigenvalue weighted by Crippen LogP contribution is 2.14. The molecule has 0 fully saturated rings. The van der Waals surface area contributed by atoms with Crippen molar-refractivity contribution < 1.29 is 13.2 Å². The SMILES string of the molecule is Cc1cc(C(=O)NCC(C)C(C)C)cc(S(N)(=O)=O)c1. The molecule has 1 atom stereocenters. The molecule has 1 amide bonds. The van der Waals surface area contributed by atoms with Crippen molar-refractivity contribution in [2.75, 3.05) is 6.54 Å². The van der Waals surface area contributed by atoms with E-state index in [1.807, 2.05) is 0 Å². The lowest BCUT2D eigenvalue weighted by molar-refractivity contribution is 0.0944. The van der Waals surface area contributed by atoms with Gasteiger partial charge in [-0.25, -0.2) is 13.6 Å². The molecule has 20 heavy (non-hydrogen) atoms. The van der Waals surface area contributed by atoms with Crippen LogP contribution in [0.15, 0.2) is 23.1 Å². The van der Waals surface area contributed by atoms with Crippen molar-refractivity contribution in [2.24, 2.45) is 17.0 Å². The van der Waals surface area contributed by atoms with Gasteiger partial charge in [-0.15, -0.1) is 0 Å². The van der Waals surface area contributed by atoms with Crippen LogP contribution in [-0.2, 0) is 10.0 Å². The molecule has 1 aromatic carbocycles. The van der Waals surface area contributed by atoms with E-state index in [4.69, 9.17) is 5.14 Å². The minimum Gasteiger partial charge on any atom is -0.352 e. The average molecular weight is 298 g/mol. The van der Waals surface area contributed by atoms with E-state index in [1.54, 1.807) is 13.0 Å². The van der Waals surface area contributed by atoms with Crippen molar-refractivity contribution in [3.05, 3.63) is 29.3 Å². The fraction of sp³-hybridized carbons (Fsp3) is 0.500. The molecule has 0 bridgehead atoms. The number of amides is 1. The number of aryl methyl sites for hydroxylation is 1. The Balaban J connectivity index is 2.92. The first-order chi connectivity index (χ1) is 9.11. The van der Waals surface area contributed by atoms with Gasteiger partial charge in [-0.05, 0) is 42.5 Å². The molecule has 0 spiro atoms. The van der Waals surface area contributed by atoms with Gasteiger partial charge in [0.2, 0.25) is 10.0 Å². The predicted octanol–water partition coefficient (Wildman–Crippen LogP) is 1.66. The Morgan fingerprint density at radius 2 is 1.85 bits per heavy atom. The molecule has 112 valence electrons. The fourth-order valence-electron chi connectivity index (χ4n) is 1.63. The second kappa shape index (κ2) is 6.37. The van der Waals surface area contributed by atoms with Gasteiger partial charge in [0, 0.05) is 12.1 Å².